The predicted octanol–water partition coefficient (Wildman–Crippen LogP) is 4.91. The van der Waals surface area contributed by atoms with Gasteiger partial charge in [-0.25, -0.2) is 0 Å². The second-order valence-electron chi connectivity index (χ2n) is 7.38. The number of allylic oxidation sites excluding steroid dienone is 3. The molecule has 0 aliphatic rings. The second kappa shape index (κ2) is 5.88. The van der Waals surface area contributed by atoms with Crippen molar-refractivity contribution >= 4 is 5.78 Å². The molecular formula is C19H26O2. The minimum absolute atomic E-state index is 0.0779. The van der Waals surface area contributed by atoms with Gasteiger partial charge in [-0.2, -0.15) is 0 Å². The average Bonchev–Trinajstić information content (AvgIpc) is 2.33. The van der Waals surface area contributed by atoms with Crippen LogP contribution >= 0.6 is 0 Å². The summed E-state index contributed by atoms with van der Waals surface area (Å²) >= 11 is 0. The van der Waals surface area contributed by atoms with E-state index in [9.17, 15) is 9.90 Å². The molecule has 114 valence electrons. The number of aromatic hydroxyl groups is 1. The van der Waals surface area contributed by atoms with Gasteiger partial charge in [-0.15, -0.1) is 0 Å². The first-order valence-corrected chi connectivity index (χ1v) is 7.20. The fraction of sp³-hybridized carbons (Fsp3) is 0.421. The topological polar surface area (TPSA) is 37.3 Å². The third-order valence-electron chi connectivity index (χ3n) is 3.39. The van der Waals surface area contributed by atoms with Crippen molar-refractivity contribution in [2.24, 2.45) is 0 Å². The van der Waals surface area contributed by atoms with Crippen LogP contribution in [0.4, 0.5) is 0 Å². The maximum atomic E-state index is 12.3. The maximum absolute atomic E-state index is 12.3. The Kier molecular flexibility index (Phi) is 4.83. The Hall–Kier alpha value is -1.83. The molecular weight excluding hydrogens is 260 g/mol. The highest BCUT2D eigenvalue weighted by molar-refractivity contribution is 6.05. The van der Waals surface area contributed by atoms with Gasteiger partial charge in [-0.3, -0.25) is 4.79 Å². The van der Waals surface area contributed by atoms with Crippen molar-refractivity contribution in [3.8, 4) is 5.75 Å². The fourth-order valence-electron chi connectivity index (χ4n) is 2.17. The molecule has 1 rings (SSSR count). The first-order chi connectivity index (χ1) is 9.48. The van der Waals surface area contributed by atoms with Crippen LogP contribution in [-0.2, 0) is 10.8 Å². The van der Waals surface area contributed by atoms with Crippen molar-refractivity contribution in [1.29, 1.82) is 0 Å². The lowest BCUT2D eigenvalue weighted by atomic mass is 9.78. The number of benzene rings is 1. The molecule has 2 nitrogen and oxygen atoms in total. The third-order valence-corrected chi connectivity index (χ3v) is 3.39. The Balaban J connectivity index is 3.59. The molecule has 1 N–H and O–H groups in total. The molecule has 1 aromatic carbocycles. The molecule has 0 heterocycles. The smallest absolute Gasteiger partial charge is 0.185 e. The van der Waals surface area contributed by atoms with Crippen molar-refractivity contribution in [1.82, 2.24) is 0 Å². The minimum atomic E-state index is -0.234. The van der Waals surface area contributed by atoms with Gasteiger partial charge in [0.05, 0.1) is 0 Å². The van der Waals surface area contributed by atoms with Crippen molar-refractivity contribution in [3.63, 3.8) is 0 Å². The summed E-state index contributed by atoms with van der Waals surface area (Å²) in [5, 5.41) is 10.6. The zero-order valence-corrected chi connectivity index (χ0v) is 13.9. The van der Waals surface area contributed by atoms with Gasteiger partial charge in [-0.05, 0) is 29.0 Å². The van der Waals surface area contributed by atoms with E-state index in [0.29, 0.717) is 11.3 Å². The highest BCUT2D eigenvalue weighted by Gasteiger charge is 2.27. The third kappa shape index (κ3) is 4.07. The van der Waals surface area contributed by atoms with Gasteiger partial charge in [0.25, 0.3) is 0 Å². The average molecular weight is 286 g/mol. The van der Waals surface area contributed by atoms with Crippen LogP contribution in [0.1, 0.15) is 63.0 Å². The summed E-state index contributed by atoms with van der Waals surface area (Å²) in [4.78, 5) is 12.3. The highest BCUT2D eigenvalue weighted by Crippen LogP contribution is 2.39. The van der Waals surface area contributed by atoms with Crippen molar-refractivity contribution < 1.29 is 9.90 Å². The lowest BCUT2D eigenvalue weighted by molar-refractivity contribution is 0.104. The van der Waals surface area contributed by atoms with Crippen molar-refractivity contribution in [2.75, 3.05) is 0 Å². The predicted molar refractivity (Wildman–Crippen MR) is 89.2 cm³/mol. The SMILES string of the molecule is C=C/C=C/C(=O)c1cc(C(C)(C)C)c(O)c(C(C)(C)C)c1. The van der Waals surface area contributed by atoms with E-state index < -0.39 is 0 Å². The van der Waals surface area contributed by atoms with E-state index in [-0.39, 0.29) is 16.6 Å². The largest absolute Gasteiger partial charge is 0.507 e. The first-order valence-electron chi connectivity index (χ1n) is 7.20. The molecule has 0 fully saturated rings. The second-order valence-corrected chi connectivity index (χ2v) is 7.38. The molecule has 0 spiro atoms. The van der Waals surface area contributed by atoms with Crippen LogP contribution in [0.15, 0.2) is 36.9 Å². The lowest BCUT2D eigenvalue weighted by Gasteiger charge is -2.27. The Bertz CT molecular complexity index is 544. The lowest BCUT2D eigenvalue weighted by Crippen LogP contribution is -2.18. The molecule has 21 heavy (non-hydrogen) atoms. The fourth-order valence-corrected chi connectivity index (χ4v) is 2.17. The number of hydrogen-bond donors (Lipinski definition) is 1. The summed E-state index contributed by atoms with van der Waals surface area (Å²) in [7, 11) is 0. The Morgan fingerprint density at radius 2 is 1.48 bits per heavy atom. The monoisotopic (exact) mass is 286 g/mol. The summed E-state index contributed by atoms with van der Waals surface area (Å²) in [6.07, 6.45) is 4.70. The summed E-state index contributed by atoms with van der Waals surface area (Å²) < 4.78 is 0. The van der Waals surface area contributed by atoms with Gasteiger partial charge in [0.15, 0.2) is 5.78 Å². The molecule has 0 amide bonds. The summed E-state index contributed by atoms with van der Waals surface area (Å²) in [6.45, 7) is 15.8. The van der Waals surface area contributed by atoms with E-state index in [1.54, 1.807) is 24.3 Å². The number of phenolic OH excluding ortho intramolecular Hbond substituents is 1. The van der Waals surface area contributed by atoms with Crippen LogP contribution in [0.25, 0.3) is 0 Å². The normalized spacial score (nSPS) is 12.7. The van der Waals surface area contributed by atoms with Gasteiger partial charge < -0.3 is 5.11 Å². The maximum Gasteiger partial charge on any atom is 0.185 e. The summed E-state index contributed by atoms with van der Waals surface area (Å²) in [5.74, 6) is 0.213. The first kappa shape index (κ1) is 17.2. The Morgan fingerprint density at radius 1 is 1.05 bits per heavy atom. The Morgan fingerprint density at radius 3 is 1.81 bits per heavy atom. The number of rotatable bonds is 3. The molecule has 0 aliphatic heterocycles. The van der Waals surface area contributed by atoms with E-state index in [1.165, 1.54) is 6.08 Å². The Labute approximate surface area is 128 Å². The molecule has 1 aromatic rings. The minimum Gasteiger partial charge on any atom is -0.507 e. The number of phenols is 1. The van der Waals surface area contributed by atoms with Crippen LogP contribution in [0.2, 0.25) is 0 Å². The molecule has 0 saturated carbocycles. The summed E-state index contributed by atoms with van der Waals surface area (Å²) in [5.41, 5.74) is 1.72. The van der Waals surface area contributed by atoms with E-state index >= 15 is 0 Å². The molecule has 0 bridgehead atoms. The van der Waals surface area contributed by atoms with Gasteiger partial charge in [0.2, 0.25) is 0 Å². The van der Waals surface area contributed by atoms with Gasteiger partial charge in [0, 0.05) is 16.7 Å². The van der Waals surface area contributed by atoms with E-state index in [4.69, 9.17) is 0 Å². The number of ketones is 1. The summed E-state index contributed by atoms with van der Waals surface area (Å²) in [6, 6.07) is 3.58. The van der Waals surface area contributed by atoms with Crippen molar-refractivity contribution in [2.45, 2.75) is 52.4 Å². The van der Waals surface area contributed by atoms with Crippen LogP contribution in [0.3, 0.4) is 0 Å². The zero-order valence-electron chi connectivity index (χ0n) is 13.9. The number of hydrogen-bond acceptors (Lipinski definition) is 2. The van der Waals surface area contributed by atoms with Gasteiger partial charge in [-0.1, -0.05) is 60.3 Å². The zero-order chi connectivity index (χ0) is 16.4. The van der Waals surface area contributed by atoms with Gasteiger partial charge >= 0.3 is 0 Å². The molecule has 0 saturated heterocycles. The number of carbonyl (C=O) groups is 1. The molecule has 0 atom stereocenters. The molecule has 0 radical (unpaired) electrons. The quantitative estimate of drug-likeness (QED) is 0.487. The van der Waals surface area contributed by atoms with E-state index in [2.05, 4.69) is 6.58 Å². The molecule has 0 unspecified atom stereocenters. The van der Waals surface area contributed by atoms with Crippen LogP contribution in [-0.4, -0.2) is 10.9 Å². The van der Waals surface area contributed by atoms with Crippen molar-refractivity contribution in [3.05, 3.63) is 53.6 Å². The van der Waals surface area contributed by atoms with E-state index in [1.807, 2.05) is 41.5 Å². The van der Waals surface area contributed by atoms with Gasteiger partial charge in [0.1, 0.15) is 5.75 Å². The van der Waals surface area contributed by atoms with Crippen LogP contribution < -0.4 is 0 Å². The molecule has 0 aromatic heterocycles. The molecule has 0 aliphatic carbocycles. The standard InChI is InChI=1S/C19H26O2/c1-8-9-10-16(20)13-11-14(18(2,3)4)17(21)15(12-13)19(5,6)7/h8-12,21H,1H2,2-7H3/b10-9+. The van der Waals surface area contributed by atoms with Crippen LogP contribution in [0.5, 0.6) is 5.75 Å². The van der Waals surface area contributed by atoms with Crippen LogP contribution in [0, 0.1) is 0 Å². The number of carbonyl (C=O) groups excluding carboxylic acids is 1. The van der Waals surface area contributed by atoms with E-state index in [0.717, 1.165) is 11.1 Å². The molecule has 2 heteroatoms. The highest BCUT2D eigenvalue weighted by atomic mass is 16.3.